The van der Waals surface area contributed by atoms with Gasteiger partial charge >= 0.3 is 0 Å². The van der Waals surface area contributed by atoms with Gasteiger partial charge in [0, 0.05) is 71.2 Å². The number of para-hydroxylation sites is 4. The molecule has 71 heavy (non-hydrogen) atoms. The summed E-state index contributed by atoms with van der Waals surface area (Å²) in [4.78, 5) is 15.3. The molecule has 0 aliphatic heterocycles. The van der Waals surface area contributed by atoms with Crippen molar-refractivity contribution in [3.05, 3.63) is 231 Å². The highest BCUT2D eigenvalue weighted by atomic mass is 16.3. The molecule has 0 bridgehead atoms. The molecule has 0 spiro atoms. The van der Waals surface area contributed by atoms with E-state index in [0.29, 0.717) is 17.5 Å². The van der Waals surface area contributed by atoms with Gasteiger partial charge in [0.2, 0.25) is 0 Å². The van der Waals surface area contributed by atoms with E-state index in [2.05, 4.69) is 168 Å². The monoisotopic (exact) mass is 906 g/mol. The van der Waals surface area contributed by atoms with Crippen LogP contribution in [0.5, 0.6) is 0 Å². The van der Waals surface area contributed by atoms with Gasteiger partial charge in [-0.2, -0.15) is 0 Å². The summed E-state index contributed by atoms with van der Waals surface area (Å²) in [6.07, 6.45) is 0. The Balaban J connectivity index is 0.936. The van der Waals surface area contributed by atoms with Gasteiger partial charge in [-0.25, -0.2) is 15.0 Å². The lowest BCUT2D eigenvalue weighted by Crippen LogP contribution is -2.01. The standard InChI is InChI=1S/C65H38N4O2/c1-2-15-39(16-3-1)63-66-64(68-65(67-63)43-33-36-51-49-21-8-10-29-56(49)70-58(51)38-43)40-31-34-44(35-32-40)69-60-45(25-13-28-55(60)59-52-23-6-4-19-47(52)48-20-5-7-24-53(48)61(59)69)41-17-12-18-42(37-41)46-26-14-27-54-50-22-9-11-30-57(50)71-62(46)54/h1-38H. The minimum atomic E-state index is 0.574. The lowest BCUT2D eigenvalue weighted by atomic mass is 9.95. The number of hydrogen-bond acceptors (Lipinski definition) is 5. The number of nitrogens with zero attached hydrogens (tertiary/aromatic N) is 4. The topological polar surface area (TPSA) is 69.9 Å². The summed E-state index contributed by atoms with van der Waals surface area (Å²) < 4.78 is 15.3. The number of furan rings is 2. The van der Waals surface area contributed by atoms with Crippen molar-refractivity contribution in [1.82, 2.24) is 19.5 Å². The molecule has 0 fully saturated rings. The van der Waals surface area contributed by atoms with Crippen LogP contribution in [0, 0.1) is 0 Å². The van der Waals surface area contributed by atoms with Gasteiger partial charge in [0.15, 0.2) is 17.5 Å². The van der Waals surface area contributed by atoms with Crippen LogP contribution in [-0.2, 0) is 0 Å². The van der Waals surface area contributed by atoms with Gasteiger partial charge in [0.05, 0.1) is 11.0 Å². The molecule has 6 heteroatoms. The number of aromatic nitrogens is 4. The highest BCUT2D eigenvalue weighted by Crippen LogP contribution is 2.46. The van der Waals surface area contributed by atoms with Crippen LogP contribution in [0.25, 0.3) is 149 Å². The van der Waals surface area contributed by atoms with Gasteiger partial charge in [0.1, 0.15) is 22.3 Å². The minimum absolute atomic E-state index is 0.574. The molecule has 0 unspecified atom stereocenters. The quantitative estimate of drug-likeness (QED) is 0.155. The van der Waals surface area contributed by atoms with Crippen molar-refractivity contribution in [2.24, 2.45) is 0 Å². The predicted molar refractivity (Wildman–Crippen MR) is 291 cm³/mol. The molecule has 0 aliphatic carbocycles. The average Bonchev–Trinajstić information content (AvgIpc) is 4.13. The summed E-state index contributed by atoms with van der Waals surface area (Å²) in [6.45, 7) is 0. The largest absolute Gasteiger partial charge is 0.456 e. The van der Waals surface area contributed by atoms with Crippen LogP contribution in [0.1, 0.15) is 0 Å². The van der Waals surface area contributed by atoms with E-state index in [0.717, 1.165) is 99.5 Å². The lowest BCUT2D eigenvalue weighted by molar-refractivity contribution is 0.669. The van der Waals surface area contributed by atoms with Crippen LogP contribution in [0.2, 0.25) is 0 Å². The van der Waals surface area contributed by atoms with E-state index >= 15 is 0 Å². The van der Waals surface area contributed by atoms with E-state index in [-0.39, 0.29) is 0 Å². The molecule has 0 amide bonds. The Hall–Kier alpha value is -9.65. The molecule has 0 aliphatic rings. The fourth-order valence-corrected chi connectivity index (χ4v) is 11.0. The first-order valence-corrected chi connectivity index (χ1v) is 23.9. The third-order valence-electron chi connectivity index (χ3n) is 14.2. The minimum Gasteiger partial charge on any atom is -0.456 e. The molecular weight excluding hydrogens is 869 g/mol. The molecule has 330 valence electrons. The van der Waals surface area contributed by atoms with Crippen LogP contribution < -0.4 is 0 Å². The van der Waals surface area contributed by atoms with E-state index in [4.69, 9.17) is 23.8 Å². The fraction of sp³-hybridized carbons (Fsp3) is 0. The van der Waals surface area contributed by atoms with Crippen molar-refractivity contribution in [3.63, 3.8) is 0 Å². The third kappa shape index (κ3) is 6.11. The second-order valence-electron chi connectivity index (χ2n) is 18.2. The molecule has 4 heterocycles. The maximum absolute atomic E-state index is 6.56. The van der Waals surface area contributed by atoms with Gasteiger partial charge in [-0.15, -0.1) is 0 Å². The van der Waals surface area contributed by atoms with Crippen molar-refractivity contribution < 1.29 is 8.83 Å². The molecule has 6 nitrogen and oxygen atoms in total. The highest BCUT2D eigenvalue weighted by Gasteiger charge is 2.23. The van der Waals surface area contributed by atoms with Crippen molar-refractivity contribution in [2.45, 2.75) is 0 Å². The Morgan fingerprint density at radius 2 is 0.775 bits per heavy atom. The summed E-state index contributed by atoms with van der Waals surface area (Å²) in [7, 11) is 0. The third-order valence-corrected chi connectivity index (χ3v) is 14.2. The van der Waals surface area contributed by atoms with E-state index < -0.39 is 0 Å². The predicted octanol–water partition coefficient (Wildman–Crippen LogP) is 17.4. The molecule has 0 atom stereocenters. The molecule has 4 aromatic heterocycles. The van der Waals surface area contributed by atoms with E-state index in [1.54, 1.807) is 0 Å². The van der Waals surface area contributed by atoms with Crippen molar-refractivity contribution in [3.8, 4) is 62.1 Å². The fourth-order valence-electron chi connectivity index (χ4n) is 11.0. The zero-order valence-corrected chi connectivity index (χ0v) is 38.0. The molecule has 0 N–H and O–H groups in total. The average molecular weight is 907 g/mol. The summed E-state index contributed by atoms with van der Waals surface area (Å²) in [5.74, 6) is 1.76. The van der Waals surface area contributed by atoms with E-state index in [1.165, 1.54) is 32.3 Å². The summed E-state index contributed by atoms with van der Waals surface area (Å²) in [5.41, 5.74) is 13.8. The first-order chi connectivity index (χ1) is 35.2. The molecule has 0 saturated heterocycles. The normalized spacial score (nSPS) is 11.9. The van der Waals surface area contributed by atoms with Crippen LogP contribution in [0.4, 0.5) is 0 Å². The first-order valence-electron chi connectivity index (χ1n) is 23.9. The Labute approximate surface area is 406 Å². The summed E-state index contributed by atoms with van der Waals surface area (Å²) in [5, 5.41) is 11.6. The number of rotatable bonds is 6. The van der Waals surface area contributed by atoms with Crippen molar-refractivity contribution >= 4 is 87.2 Å². The van der Waals surface area contributed by atoms with Crippen LogP contribution in [0.3, 0.4) is 0 Å². The number of fused-ring (bicyclic) bond motifs is 14. The molecule has 11 aromatic carbocycles. The Morgan fingerprint density at radius 1 is 0.282 bits per heavy atom. The molecule has 0 radical (unpaired) electrons. The van der Waals surface area contributed by atoms with Gasteiger partial charge < -0.3 is 13.4 Å². The Morgan fingerprint density at radius 3 is 1.52 bits per heavy atom. The maximum Gasteiger partial charge on any atom is 0.164 e. The van der Waals surface area contributed by atoms with Crippen LogP contribution in [0.15, 0.2) is 239 Å². The zero-order chi connectivity index (χ0) is 46.6. The lowest BCUT2D eigenvalue weighted by Gasteiger charge is -2.15. The second-order valence-corrected chi connectivity index (χ2v) is 18.2. The molecular formula is C65H38N4O2. The summed E-state index contributed by atoms with van der Waals surface area (Å²) >= 11 is 0. The van der Waals surface area contributed by atoms with Crippen LogP contribution >= 0.6 is 0 Å². The van der Waals surface area contributed by atoms with Crippen molar-refractivity contribution in [2.75, 3.05) is 0 Å². The highest BCUT2D eigenvalue weighted by molar-refractivity contribution is 6.33. The SMILES string of the molecule is c1ccc(-c2nc(-c3ccc(-n4c5c(-c6cccc(-c7cccc8c7oc7ccccc78)c6)cccc5c5c6ccccc6c6ccccc6c54)cc3)nc(-c3ccc4c(c3)oc3ccccc34)n2)cc1. The molecule has 15 rings (SSSR count). The second kappa shape index (κ2) is 15.4. The molecule has 0 saturated carbocycles. The van der Waals surface area contributed by atoms with Gasteiger partial charge in [0.25, 0.3) is 0 Å². The number of benzene rings is 11. The zero-order valence-electron chi connectivity index (χ0n) is 38.0. The first kappa shape index (κ1) is 39.4. The molecule has 15 aromatic rings. The van der Waals surface area contributed by atoms with Gasteiger partial charge in [-0.3, -0.25) is 0 Å². The van der Waals surface area contributed by atoms with Gasteiger partial charge in [-0.05, 0) is 81.9 Å². The summed E-state index contributed by atoms with van der Waals surface area (Å²) in [6, 6.07) is 81.1. The number of hydrogen-bond donors (Lipinski definition) is 0. The maximum atomic E-state index is 6.56. The smallest absolute Gasteiger partial charge is 0.164 e. The van der Waals surface area contributed by atoms with Crippen molar-refractivity contribution in [1.29, 1.82) is 0 Å². The van der Waals surface area contributed by atoms with E-state index in [1.807, 2.05) is 66.7 Å². The van der Waals surface area contributed by atoms with E-state index in [9.17, 15) is 0 Å². The van der Waals surface area contributed by atoms with Crippen LogP contribution in [-0.4, -0.2) is 19.5 Å². The Kier molecular flexibility index (Phi) is 8.56. The Bertz CT molecular complexity index is 4640. The van der Waals surface area contributed by atoms with Gasteiger partial charge in [-0.1, -0.05) is 176 Å².